The van der Waals surface area contributed by atoms with Crippen LogP contribution in [0.3, 0.4) is 0 Å². The van der Waals surface area contributed by atoms with Crippen molar-refractivity contribution in [3.8, 4) is 0 Å². The predicted octanol–water partition coefficient (Wildman–Crippen LogP) is 1.07. The maximum Gasteiger partial charge on any atom is 0.277 e. The van der Waals surface area contributed by atoms with E-state index in [9.17, 15) is 13.2 Å². The Hall–Kier alpha value is -1.44. The number of hydrogen-bond donors (Lipinski definition) is 1. The third-order valence-electron chi connectivity index (χ3n) is 6.17. The van der Waals surface area contributed by atoms with E-state index in [-0.39, 0.29) is 5.91 Å². The number of amides is 1. The van der Waals surface area contributed by atoms with Crippen LogP contribution < -0.4 is 4.90 Å². The average Bonchev–Trinajstić information content (AvgIpc) is 2.70. The maximum atomic E-state index is 12.8. The third-order valence-corrected chi connectivity index (χ3v) is 8.08. The molecule has 3 rings (SSSR count). The second-order valence-corrected chi connectivity index (χ2v) is 10.1. The predicted molar refractivity (Wildman–Crippen MR) is 110 cm³/mol. The first-order chi connectivity index (χ1) is 13.4. The van der Waals surface area contributed by atoms with Gasteiger partial charge in [0.05, 0.1) is 31.1 Å². The van der Waals surface area contributed by atoms with Crippen LogP contribution in [0.15, 0.2) is 29.2 Å². The molecule has 156 valence electrons. The van der Waals surface area contributed by atoms with Gasteiger partial charge in [-0.1, -0.05) is 37.0 Å². The van der Waals surface area contributed by atoms with Crippen molar-refractivity contribution >= 4 is 15.9 Å². The molecule has 0 aromatic heterocycles. The van der Waals surface area contributed by atoms with Crippen LogP contribution in [-0.4, -0.2) is 68.8 Å². The molecule has 0 atom stereocenters. The second-order valence-electron chi connectivity index (χ2n) is 8.12. The fraction of sp³-hybridized carbons (Fsp3) is 0.667. The Morgan fingerprint density at radius 1 is 1.11 bits per heavy atom. The van der Waals surface area contributed by atoms with Gasteiger partial charge in [0, 0.05) is 12.6 Å². The average molecular weight is 409 g/mol. The molecule has 2 fully saturated rings. The minimum Gasteiger partial charge on any atom is -0.335 e. The van der Waals surface area contributed by atoms with Crippen LogP contribution in [0.1, 0.15) is 44.6 Å². The standard InChI is InChI=1S/C21H33N3O3S/c1-3-24(19-7-5-4-6-8-19)21(25)17-22-13-15-23(16-14-22)28(26,27)20-11-9-18(2)10-12-20/h9-12,19H,3-8,13-17H2,1-2H3/p+1. The van der Waals surface area contributed by atoms with Gasteiger partial charge in [-0.15, -0.1) is 0 Å². The lowest BCUT2D eigenvalue weighted by Crippen LogP contribution is -3.15. The number of carbonyl (C=O) groups excluding carboxylic acids is 1. The van der Waals surface area contributed by atoms with Crippen LogP contribution in [0, 0.1) is 6.92 Å². The number of sulfonamides is 1. The molecule has 0 bridgehead atoms. The summed E-state index contributed by atoms with van der Waals surface area (Å²) in [5, 5.41) is 0. The Morgan fingerprint density at radius 3 is 2.29 bits per heavy atom. The van der Waals surface area contributed by atoms with Crippen molar-refractivity contribution < 1.29 is 18.1 Å². The van der Waals surface area contributed by atoms with Gasteiger partial charge in [-0.3, -0.25) is 4.79 Å². The van der Waals surface area contributed by atoms with E-state index in [4.69, 9.17) is 0 Å². The highest BCUT2D eigenvalue weighted by atomic mass is 32.2. The lowest BCUT2D eigenvalue weighted by Gasteiger charge is -2.36. The normalized spacial score (nSPS) is 20.2. The third kappa shape index (κ3) is 4.93. The molecular formula is C21H34N3O3S+. The topological polar surface area (TPSA) is 62.1 Å². The zero-order chi connectivity index (χ0) is 20.1. The minimum atomic E-state index is -3.44. The molecule has 1 amide bonds. The van der Waals surface area contributed by atoms with Crippen LogP contribution in [0.2, 0.25) is 0 Å². The molecule has 1 aliphatic heterocycles. The highest BCUT2D eigenvalue weighted by molar-refractivity contribution is 7.89. The summed E-state index contributed by atoms with van der Waals surface area (Å²) in [5.41, 5.74) is 1.05. The van der Waals surface area contributed by atoms with Gasteiger partial charge in [0.15, 0.2) is 6.54 Å². The smallest absolute Gasteiger partial charge is 0.277 e. The van der Waals surface area contributed by atoms with Gasteiger partial charge in [-0.2, -0.15) is 4.31 Å². The molecule has 2 aliphatic rings. The molecule has 1 N–H and O–H groups in total. The number of aryl methyl sites for hydroxylation is 1. The van der Waals surface area contributed by atoms with Crippen LogP contribution in [0.25, 0.3) is 0 Å². The molecule has 7 heteroatoms. The monoisotopic (exact) mass is 408 g/mol. The number of benzene rings is 1. The van der Waals surface area contributed by atoms with E-state index >= 15 is 0 Å². The van der Waals surface area contributed by atoms with E-state index in [1.165, 1.54) is 24.2 Å². The number of hydrogen-bond acceptors (Lipinski definition) is 3. The quantitative estimate of drug-likeness (QED) is 0.766. The summed E-state index contributed by atoms with van der Waals surface area (Å²) in [6, 6.07) is 7.41. The molecule has 1 aliphatic carbocycles. The summed E-state index contributed by atoms with van der Waals surface area (Å²) < 4.78 is 27.2. The number of piperazine rings is 1. The molecule has 0 radical (unpaired) electrons. The van der Waals surface area contributed by atoms with Crippen molar-refractivity contribution in [1.82, 2.24) is 9.21 Å². The largest absolute Gasteiger partial charge is 0.335 e. The Bertz CT molecular complexity index is 750. The number of rotatable bonds is 6. The van der Waals surface area contributed by atoms with Gasteiger partial charge < -0.3 is 9.80 Å². The number of nitrogens with one attached hydrogen (secondary N) is 1. The number of likely N-dealkylation sites (N-methyl/N-ethyl adjacent to an activating group) is 1. The Morgan fingerprint density at radius 2 is 1.71 bits per heavy atom. The molecule has 1 aromatic carbocycles. The molecule has 0 spiro atoms. The second kappa shape index (κ2) is 9.37. The first-order valence-electron chi connectivity index (χ1n) is 10.6. The fourth-order valence-corrected chi connectivity index (χ4v) is 5.87. The Kier molecular flexibility index (Phi) is 7.12. The van der Waals surface area contributed by atoms with Crippen molar-refractivity contribution in [3.05, 3.63) is 29.8 Å². The van der Waals surface area contributed by atoms with E-state index < -0.39 is 10.0 Å². The van der Waals surface area contributed by atoms with E-state index in [1.807, 2.05) is 19.1 Å². The van der Waals surface area contributed by atoms with E-state index in [2.05, 4.69) is 11.8 Å². The van der Waals surface area contributed by atoms with Crippen molar-refractivity contribution in [2.45, 2.75) is 56.9 Å². The lowest BCUT2D eigenvalue weighted by molar-refractivity contribution is -0.896. The first-order valence-corrected chi connectivity index (χ1v) is 12.1. The van der Waals surface area contributed by atoms with Crippen molar-refractivity contribution in [3.63, 3.8) is 0 Å². The van der Waals surface area contributed by atoms with Crippen molar-refractivity contribution in [2.75, 3.05) is 39.3 Å². The van der Waals surface area contributed by atoms with Gasteiger partial charge in [0.25, 0.3) is 5.91 Å². The maximum absolute atomic E-state index is 12.8. The molecule has 1 saturated carbocycles. The van der Waals surface area contributed by atoms with Gasteiger partial charge in [0.2, 0.25) is 10.0 Å². The fourth-order valence-electron chi connectivity index (χ4n) is 4.43. The summed E-state index contributed by atoms with van der Waals surface area (Å²) in [4.78, 5) is 16.4. The Balaban J connectivity index is 1.54. The van der Waals surface area contributed by atoms with E-state index in [0.717, 1.165) is 24.9 Å². The number of quaternary nitrogens is 1. The molecule has 1 saturated heterocycles. The summed E-state index contributed by atoms with van der Waals surface area (Å²) in [7, 11) is -3.44. The van der Waals surface area contributed by atoms with E-state index in [1.54, 1.807) is 16.4 Å². The molecule has 6 nitrogen and oxygen atoms in total. The summed E-state index contributed by atoms with van der Waals surface area (Å²) in [5.74, 6) is 0.222. The van der Waals surface area contributed by atoms with Crippen LogP contribution in [0.4, 0.5) is 0 Å². The number of carbonyl (C=O) groups is 1. The van der Waals surface area contributed by atoms with Crippen molar-refractivity contribution in [2.24, 2.45) is 0 Å². The summed E-state index contributed by atoms with van der Waals surface area (Å²) in [6.07, 6.45) is 5.97. The number of nitrogens with zero attached hydrogens (tertiary/aromatic N) is 2. The molecule has 1 heterocycles. The van der Waals surface area contributed by atoms with Crippen LogP contribution >= 0.6 is 0 Å². The van der Waals surface area contributed by atoms with Gasteiger partial charge in [0.1, 0.15) is 0 Å². The molecule has 1 aromatic rings. The molecule has 0 unspecified atom stereocenters. The van der Waals surface area contributed by atoms with Gasteiger partial charge in [-0.25, -0.2) is 8.42 Å². The first kappa shape index (κ1) is 21.3. The Labute approximate surface area is 169 Å². The highest BCUT2D eigenvalue weighted by Gasteiger charge is 2.33. The minimum absolute atomic E-state index is 0.222. The van der Waals surface area contributed by atoms with E-state index in [0.29, 0.717) is 43.7 Å². The van der Waals surface area contributed by atoms with Gasteiger partial charge in [-0.05, 0) is 38.8 Å². The van der Waals surface area contributed by atoms with Crippen LogP contribution in [0.5, 0.6) is 0 Å². The van der Waals surface area contributed by atoms with Gasteiger partial charge >= 0.3 is 0 Å². The zero-order valence-electron chi connectivity index (χ0n) is 17.2. The zero-order valence-corrected chi connectivity index (χ0v) is 18.0. The summed E-state index contributed by atoms with van der Waals surface area (Å²) >= 11 is 0. The van der Waals surface area contributed by atoms with Crippen LogP contribution in [-0.2, 0) is 14.8 Å². The molecule has 28 heavy (non-hydrogen) atoms. The lowest BCUT2D eigenvalue weighted by atomic mass is 9.94. The summed E-state index contributed by atoms with van der Waals surface area (Å²) in [6.45, 7) is 7.55. The highest BCUT2D eigenvalue weighted by Crippen LogP contribution is 2.22. The van der Waals surface area contributed by atoms with Crippen molar-refractivity contribution in [1.29, 1.82) is 0 Å². The SMILES string of the molecule is CCN(C(=O)C[NH+]1CCN(S(=O)(=O)c2ccc(C)cc2)CC1)C1CCCCC1. The molecular weight excluding hydrogens is 374 g/mol.